The highest BCUT2D eigenvalue weighted by molar-refractivity contribution is 7.92. The van der Waals surface area contributed by atoms with Crippen LogP contribution in [0, 0.1) is 6.92 Å². The van der Waals surface area contributed by atoms with E-state index in [1.54, 1.807) is 24.3 Å². The summed E-state index contributed by atoms with van der Waals surface area (Å²) in [5.41, 5.74) is 2.63. The van der Waals surface area contributed by atoms with Gasteiger partial charge >= 0.3 is 0 Å². The van der Waals surface area contributed by atoms with Gasteiger partial charge in [0.15, 0.2) is 0 Å². The number of hydrogen-bond donors (Lipinski definition) is 1. The van der Waals surface area contributed by atoms with Crippen LogP contribution in [-0.4, -0.2) is 8.42 Å². The molecule has 3 nitrogen and oxygen atoms in total. The molecule has 2 rings (SSSR count). The Morgan fingerprint density at radius 3 is 2.45 bits per heavy atom. The van der Waals surface area contributed by atoms with Crippen molar-refractivity contribution in [2.75, 3.05) is 4.72 Å². The number of anilines is 1. The summed E-state index contributed by atoms with van der Waals surface area (Å²) in [5.74, 6) is 0. The molecule has 5 heteroatoms. The van der Waals surface area contributed by atoms with E-state index in [2.05, 4.69) is 11.6 Å². The summed E-state index contributed by atoms with van der Waals surface area (Å²) in [6.07, 6.45) is 0.915. The van der Waals surface area contributed by atoms with Crippen LogP contribution in [0.1, 0.15) is 18.1 Å². The molecule has 0 aromatic heterocycles. The number of hydrogen-bond acceptors (Lipinski definition) is 2. The third-order valence-corrected chi connectivity index (χ3v) is 4.93. The largest absolute Gasteiger partial charge is 0.279 e. The van der Waals surface area contributed by atoms with E-state index < -0.39 is 10.0 Å². The third-order valence-electron chi connectivity index (χ3n) is 3.07. The second kappa shape index (κ2) is 5.85. The molecule has 0 spiro atoms. The van der Waals surface area contributed by atoms with Crippen LogP contribution in [0.4, 0.5) is 5.69 Å². The van der Waals surface area contributed by atoms with Crippen molar-refractivity contribution in [2.24, 2.45) is 0 Å². The normalized spacial score (nSPS) is 11.3. The predicted octanol–water partition coefficient (Wildman–Crippen LogP) is 4.01. The molecule has 0 heterocycles. The highest BCUT2D eigenvalue weighted by atomic mass is 35.5. The molecule has 106 valence electrons. The molecule has 20 heavy (non-hydrogen) atoms. The van der Waals surface area contributed by atoms with E-state index in [0.29, 0.717) is 5.69 Å². The van der Waals surface area contributed by atoms with E-state index in [0.717, 1.165) is 12.0 Å². The summed E-state index contributed by atoms with van der Waals surface area (Å²) in [5, 5.41) is 0.211. The Bertz CT molecular complexity index is 726. The molecule has 0 aliphatic heterocycles. The van der Waals surface area contributed by atoms with Crippen molar-refractivity contribution < 1.29 is 8.42 Å². The summed E-state index contributed by atoms with van der Waals surface area (Å²) >= 11 is 5.94. The molecule has 0 atom stereocenters. The molecular weight excluding hydrogens is 294 g/mol. The molecule has 0 aliphatic rings. The first-order valence-electron chi connectivity index (χ1n) is 6.31. The van der Waals surface area contributed by atoms with Gasteiger partial charge in [0.1, 0.15) is 4.90 Å². The molecule has 0 bridgehead atoms. The Labute approximate surface area is 124 Å². The van der Waals surface area contributed by atoms with Crippen LogP contribution in [0.15, 0.2) is 47.4 Å². The van der Waals surface area contributed by atoms with Gasteiger partial charge in [-0.05, 0) is 42.7 Å². The minimum absolute atomic E-state index is 0.0839. The topological polar surface area (TPSA) is 46.2 Å². The van der Waals surface area contributed by atoms with Crippen LogP contribution in [0.25, 0.3) is 0 Å². The molecule has 0 aliphatic carbocycles. The maximum Gasteiger partial charge on any atom is 0.263 e. The fourth-order valence-corrected chi connectivity index (χ4v) is 3.57. The Hall–Kier alpha value is -1.52. The molecular formula is C15H16ClNO2S. The Morgan fingerprint density at radius 2 is 1.85 bits per heavy atom. The quantitative estimate of drug-likeness (QED) is 0.927. The van der Waals surface area contributed by atoms with Crippen LogP contribution in [0.3, 0.4) is 0 Å². The lowest BCUT2D eigenvalue weighted by molar-refractivity contribution is 0.601. The molecule has 1 N–H and O–H groups in total. The highest BCUT2D eigenvalue weighted by Crippen LogP contribution is 2.25. The van der Waals surface area contributed by atoms with Crippen LogP contribution in [0.5, 0.6) is 0 Å². The SMILES string of the molecule is CCc1ccc(NS(=O)(=O)c2ccccc2Cl)c(C)c1. The van der Waals surface area contributed by atoms with Gasteiger partial charge < -0.3 is 0 Å². The van der Waals surface area contributed by atoms with Gasteiger partial charge in [0.2, 0.25) is 0 Å². The highest BCUT2D eigenvalue weighted by Gasteiger charge is 2.18. The number of aryl methyl sites for hydroxylation is 2. The van der Waals surface area contributed by atoms with Crippen LogP contribution < -0.4 is 4.72 Å². The first-order chi connectivity index (χ1) is 9.44. The number of halogens is 1. The van der Waals surface area contributed by atoms with Crippen LogP contribution >= 0.6 is 11.6 Å². The zero-order valence-corrected chi connectivity index (χ0v) is 12.9. The second-order valence-corrected chi connectivity index (χ2v) is 6.60. The fourth-order valence-electron chi connectivity index (χ4n) is 1.92. The molecule has 0 saturated carbocycles. The average molecular weight is 310 g/mol. The van der Waals surface area contributed by atoms with Gasteiger partial charge in [0.05, 0.1) is 10.7 Å². The van der Waals surface area contributed by atoms with E-state index in [4.69, 9.17) is 11.6 Å². The third kappa shape index (κ3) is 3.14. The van der Waals surface area contributed by atoms with Crippen LogP contribution in [-0.2, 0) is 16.4 Å². The van der Waals surface area contributed by atoms with Gasteiger partial charge in [-0.2, -0.15) is 0 Å². The van der Waals surface area contributed by atoms with Crippen molar-refractivity contribution in [3.8, 4) is 0 Å². The van der Waals surface area contributed by atoms with Gasteiger partial charge in [-0.1, -0.05) is 42.8 Å². The van der Waals surface area contributed by atoms with E-state index in [-0.39, 0.29) is 9.92 Å². The number of sulfonamides is 1. The second-order valence-electron chi connectivity index (χ2n) is 4.54. The molecule has 0 radical (unpaired) electrons. The smallest absolute Gasteiger partial charge is 0.263 e. The van der Waals surface area contributed by atoms with Crippen LogP contribution in [0.2, 0.25) is 5.02 Å². The summed E-state index contributed by atoms with van der Waals surface area (Å²) in [4.78, 5) is 0.0839. The zero-order chi connectivity index (χ0) is 14.8. The lowest BCUT2D eigenvalue weighted by Crippen LogP contribution is -2.14. The molecule has 0 fully saturated rings. The first kappa shape index (κ1) is 14.9. The van der Waals surface area contributed by atoms with Crippen molar-refractivity contribution in [3.63, 3.8) is 0 Å². The molecule has 0 unspecified atom stereocenters. The Kier molecular flexibility index (Phi) is 4.35. The standard InChI is InChI=1S/C15H16ClNO2S/c1-3-12-8-9-14(11(2)10-12)17-20(18,19)15-7-5-4-6-13(15)16/h4-10,17H,3H2,1-2H3. The number of nitrogens with one attached hydrogen (secondary N) is 1. The maximum absolute atomic E-state index is 12.3. The van der Waals surface area contributed by atoms with Gasteiger partial charge in [0, 0.05) is 0 Å². The van der Waals surface area contributed by atoms with Gasteiger partial charge in [0.25, 0.3) is 10.0 Å². The zero-order valence-electron chi connectivity index (χ0n) is 11.4. The lowest BCUT2D eigenvalue weighted by atomic mass is 10.1. The van der Waals surface area contributed by atoms with E-state index in [1.165, 1.54) is 11.6 Å². The van der Waals surface area contributed by atoms with Gasteiger partial charge in [-0.3, -0.25) is 4.72 Å². The number of rotatable bonds is 4. The monoisotopic (exact) mass is 309 g/mol. The molecule has 2 aromatic rings. The van der Waals surface area contributed by atoms with Crippen molar-refractivity contribution in [1.29, 1.82) is 0 Å². The Balaban J connectivity index is 2.36. The first-order valence-corrected chi connectivity index (χ1v) is 8.17. The molecule has 2 aromatic carbocycles. The van der Waals surface area contributed by atoms with Crippen molar-refractivity contribution in [1.82, 2.24) is 0 Å². The van der Waals surface area contributed by atoms with Gasteiger partial charge in [-0.25, -0.2) is 8.42 Å². The summed E-state index contributed by atoms with van der Waals surface area (Å²) in [6, 6.07) is 12.1. The van der Waals surface area contributed by atoms with Gasteiger partial charge in [-0.15, -0.1) is 0 Å². The van der Waals surface area contributed by atoms with Crippen molar-refractivity contribution in [2.45, 2.75) is 25.2 Å². The van der Waals surface area contributed by atoms with E-state index in [1.807, 2.05) is 19.1 Å². The Morgan fingerprint density at radius 1 is 1.15 bits per heavy atom. The average Bonchev–Trinajstić information content (AvgIpc) is 2.41. The summed E-state index contributed by atoms with van der Waals surface area (Å²) in [6.45, 7) is 3.94. The summed E-state index contributed by atoms with van der Waals surface area (Å²) < 4.78 is 27.2. The predicted molar refractivity (Wildman–Crippen MR) is 82.8 cm³/mol. The van der Waals surface area contributed by atoms with Crippen molar-refractivity contribution >= 4 is 27.3 Å². The lowest BCUT2D eigenvalue weighted by Gasteiger charge is -2.12. The van der Waals surface area contributed by atoms with E-state index >= 15 is 0 Å². The maximum atomic E-state index is 12.3. The minimum Gasteiger partial charge on any atom is -0.279 e. The summed E-state index contributed by atoms with van der Waals surface area (Å²) in [7, 11) is -3.67. The minimum atomic E-state index is -3.67. The molecule has 0 saturated heterocycles. The van der Waals surface area contributed by atoms with E-state index in [9.17, 15) is 8.42 Å². The number of benzene rings is 2. The van der Waals surface area contributed by atoms with Crippen molar-refractivity contribution in [3.05, 3.63) is 58.6 Å². The fraction of sp³-hybridized carbons (Fsp3) is 0.200. The molecule has 0 amide bonds.